The van der Waals surface area contributed by atoms with Crippen LogP contribution in [0.2, 0.25) is 0 Å². The number of benzene rings is 3. The molecule has 3 aromatic carbocycles. The average Bonchev–Trinajstić information content (AvgIpc) is 3.52. The van der Waals surface area contributed by atoms with Crippen LogP contribution in [-0.2, 0) is 16.8 Å². The number of carbonyl (C=O) groups excluding carboxylic acids is 1. The predicted molar refractivity (Wildman–Crippen MR) is 161 cm³/mol. The van der Waals surface area contributed by atoms with Gasteiger partial charge in [-0.15, -0.1) is 0 Å². The van der Waals surface area contributed by atoms with Crippen molar-refractivity contribution in [3.05, 3.63) is 90.1 Å². The SMILES string of the molecule is COc1ccc(CN2C(=O)C3(CCC3)c3cc(-c4ccnn4-c4ccccc4)cc(N4CC5(CN(C)C5)C4)c32)cc1. The maximum absolute atomic E-state index is 14.4. The second-order valence-electron chi connectivity index (χ2n) is 12.6. The van der Waals surface area contributed by atoms with Crippen molar-refractivity contribution in [1.29, 1.82) is 0 Å². The minimum Gasteiger partial charge on any atom is -0.497 e. The van der Waals surface area contributed by atoms with Crippen LogP contribution < -0.4 is 14.5 Å². The smallest absolute Gasteiger partial charge is 0.238 e. The second kappa shape index (κ2) is 8.95. The minimum atomic E-state index is -0.427. The molecule has 208 valence electrons. The van der Waals surface area contributed by atoms with E-state index < -0.39 is 5.41 Å². The molecule has 0 atom stereocenters. The highest BCUT2D eigenvalue weighted by Crippen LogP contribution is 2.58. The van der Waals surface area contributed by atoms with Gasteiger partial charge in [-0.2, -0.15) is 5.10 Å². The Morgan fingerprint density at radius 1 is 0.927 bits per heavy atom. The van der Waals surface area contributed by atoms with E-state index in [1.54, 1.807) is 7.11 Å². The number of anilines is 2. The molecule has 41 heavy (non-hydrogen) atoms. The third kappa shape index (κ3) is 3.68. The molecule has 7 heteroatoms. The first-order valence-electron chi connectivity index (χ1n) is 14.7. The summed E-state index contributed by atoms with van der Waals surface area (Å²) in [5.41, 5.74) is 7.76. The third-order valence-corrected chi connectivity index (χ3v) is 9.78. The van der Waals surface area contributed by atoms with Crippen LogP contribution in [0.4, 0.5) is 11.4 Å². The molecule has 0 N–H and O–H groups in total. The predicted octanol–water partition coefficient (Wildman–Crippen LogP) is 5.27. The summed E-state index contributed by atoms with van der Waals surface area (Å²) in [4.78, 5) is 21.4. The number of aromatic nitrogens is 2. The number of methoxy groups -OCH3 is 1. The molecule has 4 heterocycles. The number of amides is 1. The van der Waals surface area contributed by atoms with Crippen molar-refractivity contribution in [2.75, 3.05) is 50.1 Å². The van der Waals surface area contributed by atoms with E-state index in [0.717, 1.165) is 79.4 Å². The molecule has 3 fully saturated rings. The Morgan fingerprint density at radius 3 is 2.34 bits per heavy atom. The fraction of sp³-hybridized carbons (Fsp3) is 0.353. The zero-order chi connectivity index (χ0) is 27.8. The van der Waals surface area contributed by atoms with Crippen molar-refractivity contribution < 1.29 is 9.53 Å². The van der Waals surface area contributed by atoms with E-state index in [9.17, 15) is 4.79 Å². The Labute approximate surface area is 240 Å². The normalized spacial score (nSPS) is 20.1. The molecule has 2 spiro atoms. The molecular formula is C34H35N5O2. The first kappa shape index (κ1) is 24.7. The van der Waals surface area contributed by atoms with Crippen LogP contribution in [0.3, 0.4) is 0 Å². The summed E-state index contributed by atoms with van der Waals surface area (Å²) in [6.07, 6.45) is 4.78. The Hall–Kier alpha value is -4.10. The highest BCUT2D eigenvalue weighted by Gasteiger charge is 2.57. The monoisotopic (exact) mass is 545 g/mol. The molecule has 4 aliphatic rings. The first-order chi connectivity index (χ1) is 20.0. The van der Waals surface area contributed by atoms with Gasteiger partial charge in [-0.25, -0.2) is 4.68 Å². The lowest BCUT2D eigenvalue weighted by Gasteiger charge is -2.60. The van der Waals surface area contributed by atoms with Crippen molar-refractivity contribution in [3.63, 3.8) is 0 Å². The number of hydrogen-bond acceptors (Lipinski definition) is 5. The lowest BCUT2D eigenvalue weighted by atomic mass is 9.64. The second-order valence-corrected chi connectivity index (χ2v) is 12.6. The third-order valence-electron chi connectivity index (χ3n) is 9.78. The fourth-order valence-electron chi connectivity index (χ4n) is 7.74. The fourth-order valence-corrected chi connectivity index (χ4v) is 7.74. The average molecular weight is 546 g/mol. The Morgan fingerprint density at radius 2 is 1.68 bits per heavy atom. The van der Waals surface area contributed by atoms with Crippen molar-refractivity contribution in [1.82, 2.24) is 14.7 Å². The number of ether oxygens (including phenoxy) is 1. The molecule has 1 aromatic heterocycles. The highest BCUT2D eigenvalue weighted by molar-refractivity contribution is 6.12. The summed E-state index contributed by atoms with van der Waals surface area (Å²) in [7, 11) is 3.88. The van der Waals surface area contributed by atoms with Gasteiger partial charge in [-0.05, 0) is 73.5 Å². The number of hydrogen-bond donors (Lipinski definition) is 0. The Kier molecular flexibility index (Phi) is 5.39. The van der Waals surface area contributed by atoms with E-state index >= 15 is 0 Å². The van der Waals surface area contributed by atoms with Gasteiger partial charge in [0.2, 0.25) is 5.91 Å². The molecule has 8 rings (SSSR count). The maximum atomic E-state index is 14.4. The topological polar surface area (TPSA) is 53.8 Å². The number of nitrogens with zero attached hydrogens (tertiary/aromatic N) is 5. The summed E-state index contributed by atoms with van der Waals surface area (Å²) in [5, 5.41) is 4.70. The number of carbonyl (C=O) groups is 1. The van der Waals surface area contributed by atoms with Crippen LogP contribution in [0.1, 0.15) is 30.4 Å². The standard InChI is InChI=1S/C34H35N5O2/c1-36-20-33(21-36)22-37(23-33)30-18-25(29-13-16-35-39(29)26-7-4-3-5-8-26)17-28-31(30)38(32(40)34(28)14-6-15-34)19-24-9-11-27(41-2)12-10-24/h3-5,7-13,16-18H,6,14-15,19-23H2,1-2H3. The molecule has 7 nitrogen and oxygen atoms in total. The zero-order valence-corrected chi connectivity index (χ0v) is 23.7. The van der Waals surface area contributed by atoms with Crippen LogP contribution in [0.5, 0.6) is 5.75 Å². The molecule has 3 aliphatic heterocycles. The van der Waals surface area contributed by atoms with Crippen molar-refractivity contribution in [2.45, 2.75) is 31.2 Å². The lowest BCUT2D eigenvalue weighted by molar-refractivity contribution is -0.126. The van der Waals surface area contributed by atoms with Gasteiger partial charge in [0.1, 0.15) is 5.75 Å². The van der Waals surface area contributed by atoms with Crippen LogP contribution in [-0.4, -0.2) is 60.9 Å². The van der Waals surface area contributed by atoms with Crippen molar-refractivity contribution in [3.8, 4) is 22.7 Å². The number of likely N-dealkylation sites (tertiary alicyclic amines) is 1. The van der Waals surface area contributed by atoms with Crippen molar-refractivity contribution >= 4 is 17.3 Å². The van der Waals surface area contributed by atoms with Gasteiger partial charge in [0.05, 0.1) is 48.0 Å². The van der Waals surface area contributed by atoms with E-state index in [1.807, 2.05) is 41.2 Å². The van der Waals surface area contributed by atoms with Gasteiger partial charge in [-0.1, -0.05) is 36.8 Å². The first-order valence-corrected chi connectivity index (χ1v) is 14.7. The Balaban J connectivity index is 1.26. The largest absolute Gasteiger partial charge is 0.497 e. The van der Waals surface area contributed by atoms with Gasteiger partial charge < -0.3 is 19.4 Å². The molecule has 0 bridgehead atoms. The quantitative estimate of drug-likeness (QED) is 0.331. The number of rotatable bonds is 6. The summed E-state index contributed by atoms with van der Waals surface area (Å²) < 4.78 is 7.40. The number of para-hydroxylation sites is 1. The maximum Gasteiger partial charge on any atom is 0.238 e. The molecule has 1 amide bonds. The van der Waals surface area contributed by atoms with Crippen LogP contribution in [0.15, 0.2) is 79.0 Å². The lowest BCUT2D eigenvalue weighted by Crippen LogP contribution is -2.71. The molecule has 1 saturated carbocycles. The van der Waals surface area contributed by atoms with Gasteiger partial charge >= 0.3 is 0 Å². The minimum absolute atomic E-state index is 0.253. The molecular weight excluding hydrogens is 510 g/mol. The van der Waals surface area contributed by atoms with E-state index in [2.05, 4.69) is 64.2 Å². The van der Waals surface area contributed by atoms with Crippen molar-refractivity contribution in [2.24, 2.45) is 5.41 Å². The van der Waals surface area contributed by atoms with Gasteiger partial charge in [-0.3, -0.25) is 4.79 Å². The summed E-state index contributed by atoms with van der Waals surface area (Å²) in [5.74, 6) is 1.08. The van der Waals surface area contributed by atoms with Crippen LogP contribution in [0.25, 0.3) is 16.9 Å². The van der Waals surface area contributed by atoms with Crippen LogP contribution >= 0.6 is 0 Å². The molecule has 1 aliphatic carbocycles. The molecule has 4 aromatic rings. The number of fused-ring (bicyclic) bond motifs is 2. The van der Waals surface area contributed by atoms with E-state index in [0.29, 0.717) is 12.0 Å². The highest BCUT2D eigenvalue weighted by atomic mass is 16.5. The molecule has 0 radical (unpaired) electrons. The van der Waals surface area contributed by atoms with Gasteiger partial charge in [0.15, 0.2) is 0 Å². The summed E-state index contributed by atoms with van der Waals surface area (Å²) in [6.45, 7) is 4.91. The van der Waals surface area contributed by atoms with E-state index in [-0.39, 0.29) is 5.91 Å². The van der Waals surface area contributed by atoms with Gasteiger partial charge in [0.25, 0.3) is 0 Å². The molecule has 2 saturated heterocycles. The summed E-state index contributed by atoms with van der Waals surface area (Å²) in [6, 6.07) is 25.1. The zero-order valence-electron chi connectivity index (χ0n) is 23.7. The van der Waals surface area contributed by atoms with Gasteiger partial charge in [0, 0.05) is 37.2 Å². The summed E-state index contributed by atoms with van der Waals surface area (Å²) >= 11 is 0. The molecule has 0 unspecified atom stereocenters. The van der Waals surface area contributed by atoms with E-state index in [1.165, 1.54) is 11.3 Å². The van der Waals surface area contributed by atoms with E-state index in [4.69, 9.17) is 9.84 Å². The van der Waals surface area contributed by atoms with Crippen LogP contribution in [0, 0.1) is 5.41 Å². The Bertz CT molecular complexity index is 1630.